The van der Waals surface area contributed by atoms with E-state index in [1.807, 2.05) is 0 Å². The third kappa shape index (κ3) is 8.02. The maximum atomic E-state index is 8.76. The van der Waals surface area contributed by atoms with Crippen LogP contribution >= 0.6 is 0 Å². The largest absolute Gasteiger partial charge is 0.395 e. The second-order valence-electron chi connectivity index (χ2n) is 3.26. The number of hydrogen-bond acceptors (Lipinski definition) is 2. The van der Waals surface area contributed by atoms with Gasteiger partial charge < -0.3 is 5.11 Å². The Labute approximate surface area is 87.9 Å². The van der Waals surface area contributed by atoms with Crippen molar-refractivity contribution < 1.29 is 5.11 Å². The van der Waals surface area contributed by atoms with Crippen molar-refractivity contribution in [2.24, 2.45) is 0 Å². The van der Waals surface area contributed by atoms with Gasteiger partial charge in [-0.2, -0.15) is 0 Å². The van der Waals surface area contributed by atoms with Crippen molar-refractivity contribution in [3.05, 3.63) is 24.3 Å². The summed E-state index contributed by atoms with van der Waals surface area (Å²) in [5.74, 6) is 0. The molecule has 0 aromatic heterocycles. The number of aliphatic hydroxyl groups is 1. The summed E-state index contributed by atoms with van der Waals surface area (Å²) in [6.07, 6.45) is 10.8. The second-order valence-corrected chi connectivity index (χ2v) is 3.26. The average molecular weight is 197 g/mol. The van der Waals surface area contributed by atoms with Crippen LogP contribution in [0.3, 0.4) is 0 Å². The summed E-state index contributed by atoms with van der Waals surface area (Å²) in [6, 6.07) is 0. The van der Waals surface area contributed by atoms with Crippen LogP contribution in [0.25, 0.3) is 0 Å². The van der Waals surface area contributed by atoms with E-state index in [1.165, 1.54) is 6.42 Å². The van der Waals surface area contributed by atoms with Gasteiger partial charge in [0.15, 0.2) is 0 Å². The first kappa shape index (κ1) is 13.4. The normalized spacial score (nSPS) is 12.3. The lowest BCUT2D eigenvalue weighted by molar-refractivity contribution is 0.214. The van der Waals surface area contributed by atoms with Crippen molar-refractivity contribution in [1.82, 2.24) is 4.90 Å². The monoisotopic (exact) mass is 197 g/mol. The third-order valence-corrected chi connectivity index (χ3v) is 2.07. The summed E-state index contributed by atoms with van der Waals surface area (Å²) in [5, 5.41) is 8.76. The molecule has 1 N–H and O–H groups in total. The van der Waals surface area contributed by atoms with Crippen LogP contribution < -0.4 is 0 Å². The summed E-state index contributed by atoms with van der Waals surface area (Å²) in [4.78, 5) is 2.20. The van der Waals surface area contributed by atoms with Crippen LogP contribution in [0.1, 0.15) is 26.7 Å². The van der Waals surface area contributed by atoms with E-state index in [9.17, 15) is 0 Å². The lowest BCUT2D eigenvalue weighted by Gasteiger charge is -2.15. The molecule has 2 nitrogen and oxygen atoms in total. The van der Waals surface area contributed by atoms with Crippen molar-refractivity contribution in [2.45, 2.75) is 26.7 Å². The van der Waals surface area contributed by atoms with E-state index in [-0.39, 0.29) is 6.61 Å². The van der Waals surface area contributed by atoms with Gasteiger partial charge in [0.2, 0.25) is 0 Å². The molecule has 0 atom stereocenters. The van der Waals surface area contributed by atoms with E-state index in [0.29, 0.717) is 0 Å². The Balaban J connectivity index is 3.56. The van der Waals surface area contributed by atoms with E-state index in [4.69, 9.17) is 5.11 Å². The highest BCUT2D eigenvalue weighted by molar-refractivity contribution is 5.03. The van der Waals surface area contributed by atoms with Gasteiger partial charge in [-0.1, -0.05) is 44.6 Å². The van der Waals surface area contributed by atoms with Gasteiger partial charge in [-0.25, -0.2) is 0 Å². The molecule has 0 radical (unpaired) electrons. The number of aliphatic hydroxyl groups excluding tert-OH is 1. The number of likely N-dealkylation sites (N-methyl/N-ethyl adjacent to an activating group) is 1. The number of nitrogens with zero attached hydrogens (tertiary/aromatic N) is 1. The SMILES string of the molecule is CCCC=CC=CCN(CC)CCO. The van der Waals surface area contributed by atoms with Crippen molar-refractivity contribution in [1.29, 1.82) is 0 Å². The summed E-state index contributed by atoms with van der Waals surface area (Å²) in [7, 11) is 0. The first-order valence-corrected chi connectivity index (χ1v) is 5.50. The maximum absolute atomic E-state index is 8.76. The molecule has 0 unspecified atom stereocenters. The van der Waals surface area contributed by atoms with Gasteiger partial charge in [0, 0.05) is 13.1 Å². The fraction of sp³-hybridized carbons (Fsp3) is 0.667. The zero-order valence-electron chi connectivity index (χ0n) is 9.45. The van der Waals surface area contributed by atoms with Gasteiger partial charge in [-0.15, -0.1) is 0 Å². The summed E-state index contributed by atoms with van der Waals surface area (Å²) in [5.41, 5.74) is 0. The van der Waals surface area contributed by atoms with E-state index in [1.54, 1.807) is 0 Å². The van der Waals surface area contributed by atoms with E-state index < -0.39 is 0 Å². The molecule has 0 spiro atoms. The van der Waals surface area contributed by atoms with Crippen LogP contribution in [0.4, 0.5) is 0 Å². The maximum Gasteiger partial charge on any atom is 0.0558 e. The fourth-order valence-electron chi connectivity index (χ4n) is 1.15. The molecule has 0 aliphatic heterocycles. The standard InChI is InChI=1S/C12H23NO/c1-3-5-6-7-8-9-10-13(4-2)11-12-14/h6-9,14H,3-5,10-12H2,1-2H3. The minimum absolute atomic E-state index is 0.243. The number of unbranched alkanes of at least 4 members (excludes halogenated alkanes) is 1. The third-order valence-electron chi connectivity index (χ3n) is 2.07. The fourth-order valence-corrected chi connectivity index (χ4v) is 1.15. The number of hydrogen-bond donors (Lipinski definition) is 1. The Hall–Kier alpha value is -0.600. The molecule has 0 fully saturated rings. The van der Waals surface area contributed by atoms with Crippen molar-refractivity contribution in [3.8, 4) is 0 Å². The molecule has 0 aliphatic rings. The smallest absolute Gasteiger partial charge is 0.0558 e. The Morgan fingerprint density at radius 3 is 2.43 bits per heavy atom. The predicted octanol–water partition coefficient (Wildman–Crippen LogP) is 2.21. The van der Waals surface area contributed by atoms with Gasteiger partial charge >= 0.3 is 0 Å². The minimum atomic E-state index is 0.243. The first-order chi connectivity index (χ1) is 6.85. The van der Waals surface area contributed by atoms with Crippen molar-refractivity contribution in [2.75, 3.05) is 26.2 Å². The van der Waals surface area contributed by atoms with Gasteiger partial charge in [0.05, 0.1) is 6.61 Å². The molecular formula is C12H23NO. The number of allylic oxidation sites excluding steroid dienone is 3. The molecule has 0 saturated heterocycles. The van der Waals surface area contributed by atoms with Gasteiger partial charge in [-0.3, -0.25) is 4.90 Å². The van der Waals surface area contributed by atoms with E-state index in [0.717, 1.165) is 26.1 Å². The summed E-state index contributed by atoms with van der Waals surface area (Å²) < 4.78 is 0. The molecule has 14 heavy (non-hydrogen) atoms. The second kappa shape index (κ2) is 10.5. The highest BCUT2D eigenvalue weighted by Crippen LogP contribution is 1.91. The van der Waals surface area contributed by atoms with Gasteiger partial charge in [0.25, 0.3) is 0 Å². The lowest BCUT2D eigenvalue weighted by Crippen LogP contribution is -2.26. The number of rotatable bonds is 8. The highest BCUT2D eigenvalue weighted by atomic mass is 16.3. The molecule has 0 heterocycles. The topological polar surface area (TPSA) is 23.5 Å². The van der Waals surface area contributed by atoms with Crippen LogP contribution in [0.15, 0.2) is 24.3 Å². The lowest BCUT2D eigenvalue weighted by atomic mass is 10.3. The van der Waals surface area contributed by atoms with Crippen molar-refractivity contribution >= 4 is 0 Å². The van der Waals surface area contributed by atoms with Crippen LogP contribution in [0.2, 0.25) is 0 Å². The molecule has 0 aliphatic carbocycles. The zero-order valence-corrected chi connectivity index (χ0v) is 9.45. The Kier molecular flexibility index (Phi) is 10.0. The Morgan fingerprint density at radius 2 is 1.86 bits per heavy atom. The van der Waals surface area contributed by atoms with Crippen LogP contribution in [-0.2, 0) is 0 Å². The van der Waals surface area contributed by atoms with Gasteiger partial charge in [-0.05, 0) is 13.0 Å². The minimum Gasteiger partial charge on any atom is -0.395 e. The Bertz CT molecular complexity index is 164. The van der Waals surface area contributed by atoms with Gasteiger partial charge in [0.1, 0.15) is 0 Å². The van der Waals surface area contributed by atoms with E-state index >= 15 is 0 Å². The molecule has 2 heteroatoms. The van der Waals surface area contributed by atoms with E-state index in [2.05, 4.69) is 43.1 Å². The zero-order chi connectivity index (χ0) is 10.6. The average Bonchev–Trinajstić information content (AvgIpc) is 2.21. The van der Waals surface area contributed by atoms with Crippen LogP contribution in [0.5, 0.6) is 0 Å². The molecule has 0 bridgehead atoms. The molecular weight excluding hydrogens is 174 g/mol. The predicted molar refractivity (Wildman–Crippen MR) is 62.4 cm³/mol. The summed E-state index contributed by atoms with van der Waals surface area (Å²) >= 11 is 0. The quantitative estimate of drug-likeness (QED) is 0.603. The first-order valence-electron chi connectivity index (χ1n) is 5.50. The van der Waals surface area contributed by atoms with Crippen LogP contribution in [0, 0.1) is 0 Å². The summed E-state index contributed by atoms with van der Waals surface area (Å²) in [6.45, 7) is 7.20. The molecule has 0 aromatic rings. The Morgan fingerprint density at radius 1 is 1.14 bits per heavy atom. The molecule has 0 aromatic carbocycles. The van der Waals surface area contributed by atoms with Crippen molar-refractivity contribution in [3.63, 3.8) is 0 Å². The van der Waals surface area contributed by atoms with Crippen LogP contribution in [-0.4, -0.2) is 36.2 Å². The highest BCUT2D eigenvalue weighted by Gasteiger charge is 1.95. The molecule has 0 amide bonds. The molecule has 0 rings (SSSR count). The molecule has 82 valence electrons. The molecule has 0 saturated carbocycles.